The predicted molar refractivity (Wildman–Crippen MR) is 97.2 cm³/mol. The lowest BCUT2D eigenvalue weighted by Gasteiger charge is -2.09. The van der Waals surface area contributed by atoms with E-state index < -0.39 is 12.0 Å². The molecule has 1 rings (SSSR count). The van der Waals surface area contributed by atoms with Crippen molar-refractivity contribution in [3.05, 3.63) is 42.0 Å². The minimum Gasteiger partial charge on any atom is -0.425 e. The molecule has 0 unspecified atom stereocenters. The van der Waals surface area contributed by atoms with Gasteiger partial charge in [0.25, 0.3) is 0 Å². The summed E-state index contributed by atoms with van der Waals surface area (Å²) >= 11 is 0. The lowest BCUT2D eigenvalue weighted by Crippen LogP contribution is -2.31. The molecule has 0 amide bonds. The van der Waals surface area contributed by atoms with Crippen molar-refractivity contribution in [1.82, 2.24) is 0 Å². The van der Waals surface area contributed by atoms with Crippen molar-refractivity contribution in [3.63, 3.8) is 0 Å². The zero-order chi connectivity index (χ0) is 17.8. The fourth-order valence-corrected chi connectivity index (χ4v) is 2.28. The monoisotopic (exact) mass is 331 g/mol. The van der Waals surface area contributed by atoms with Crippen LogP contribution in [0.4, 0.5) is 0 Å². The van der Waals surface area contributed by atoms with Crippen LogP contribution < -0.4 is 10.5 Å². The van der Waals surface area contributed by atoms with Gasteiger partial charge in [-0.25, -0.2) is 4.79 Å². The maximum Gasteiger partial charge on any atom is 0.328 e. The van der Waals surface area contributed by atoms with Crippen LogP contribution in [0.1, 0.15) is 69.2 Å². The summed E-state index contributed by atoms with van der Waals surface area (Å²) in [4.78, 5) is 23.9. The number of ether oxygens (including phenoxy) is 1. The molecule has 0 spiro atoms. The molecule has 4 heteroatoms. The normalized spacial score (nSPS) is 12.3. The summed E-state index contributed by atoms with van der Waals surface area (Å²) in [6.07, 6.45) is 11.7. The molecule has 1 aromatic rings. The first-order chi connectivity index (χ1) is 11.6. The molecule has 0 aromatic heterocycles. The van der Waals surface area contributed by atoms with Crippen LogP contribution in [-0.2, 0) is 4.79 Å². The molecule has 132 valence electrons. The van der Waals surface area contributed by atoms with Crippen LogP contribution in [0.5, 0.6) is 5.75 Å². The Hall–Kier alpha value is -1.94. The maximum absolute atomic E-state index is 12.3. The van der Waals surface area contributed by atoms with E-state index in [1.165, 1.54) is 32.1 Å². The molecule has 2 N–H and O–H groups in total. The smallest absolute Gasteiger partial charge is 0.328 e. The second-order valence-electron chi connectivity index (χ2n) is 6.03. The van der Waals surface area contributed by atoms with Crippen LogP contribution >= 0.6 is 0 Å². The van der Waals surface area contributed by atoms with Gasteiger partial charge in [0.2, 0.25) is 0 Å². The number of esters is 1. The van der Waals surface area contributed by atoms with Gasteiger partial charge in [0.1, 0.15) is 11.8 Å². The number of ketones is 1. The number of allylic oxidation sites excluding steroid dienone is 2. The fraction of sp³-hybridized carbons (Fsp3) is 0.500. The number of benzene rings is 1. The van der Waals surface area contributed by atoms with Crippen molar-refractivity contribution in [1.29, 1.82) is 0 Å². The van der Waals surface area contributed by atoms with Crippen molar-refractivity contribution in [2.75, 3.05) is 0 Å². The van der Waals surface area contributed by atoms with E-state index >= 15 is 0 Å². The Morgan fingerprint density at radius 1 is 1.12 bits per heavy atom. The minimum atomic E-state index is -0.726. The number of hydrogen-bond donors (Lipinski definition) is 1. The number of unbranched alkanes of at least 4 members (excludes halogenated alkanes) is 6. The maximum atomic E-state index is 12.3. The Bertz CT molecular complexity index is 550. The second kappa shape index (κ2) is 11.6. The molecule has 0 bridgehead atoms. The van der Waals surface area contributed by atoms with Crippen LogP contribution in [-0.4, -0.2) is 17.8 Å². The van der Waals surface area contributed by atoms with Gasteiger partial charge < -0.3 is 10.5 Å². The van der Waals surface area contributed by atoms with Crippen molar-refractivity contribution in [2.24, 2.45) is 5.73 Å². The number of rotatable bonds is 11. The van der Waals surface area contributed by atoms with Gasteiger partial charge >= 0.3 is 5.97 Å². The lowest BCUT2D eigenvalue weighted by molar-refractivity contribution is -0.135. The Morgan fingerprint density at radius 2 is 1.79 bits per heavy atom. The van der Waals surface area contributed by atoms with E-state index in [1.54, 1.807) is 37.3 Å². The summed E-state index contributed by atoms with van der Waals surface area (Å²) in [5.74, 6) is -0.450. The largest absolute Gasteiger partial charge is 0.425 e. The van der Waals surface area contributed by atoms with E-state index in [1.807, 2.05) is 6.08 Å². The summed E-state index contributed by atoms with van der Waals surface area (Å²) in [7, 11) is 0. The van der Waals surface area contributed by atoms with E-state index in [4.69, 9.17) is 10.5 Å². The van der Waals surface area contributed by atoms with Gasteiger partial charge in [-0.2, -0.15) is 0 Å². The molecule has 0 saturated carbocycles. The van der Waals surface area contributed by atoms with Gasteiger partial charge in [0, 0.05) is 0 Å². The minimum absolute atomic E-state index is 0.158. The summed E-state index contributed by atoms with van der Waals surface area (Å²) in [5.41, 5.74) is 5.87. The first kappa shape index (κ1) is 20.1. The highest BCUT2D eigenvalue weighted by molar-refractivity contribution is 6.06. The van der Waals surface area contributed by atoms with E-state index in [-0.39, 0.29) is 11.5 Å². The predicted octanol–water partition coefficient (Wildman–Crippen LogP) is 4.43. The average Bonchev–Trinajstić information content (AvgIpc) is 2.57. The third-order valence-electron chi connectivity index (χ3n) is 3.73. The first-order valence-electron chi connectivity index (χ1n) is 8.83. The molecule has 0 heterocycles. The summed E-state index contributed by atoms with van der Waals surface area (Å²) in [5, 5.41) is 0. The van der Waals surface area contributed by atoms with Gasteiger partial charge in [-0.3, -0.25) is 4.79 Å². The molecule has 4 nitrogen and oxygen atoms in total. The molecule has 0 fully saturated rings. The number of para-hydroxylation sites is 1. The van der Waals surface area contributed by atoms with Gasteiger partial charge in [0.15, 0.2) is 5.78 Å². The Balaban J connectivity index is 2.50. The number of carbonyl (C=O) groups excluding carboxylic acids is 2. The van der Waals surface area contributed by atoms with Crippen molar-refractivity contribution in [3.8, 4) is 5.75 Å². The van der Waals surface area contributed by atoms with E-state index in [0.29, 0.717) is 5.56 Å². The summed E-state index contributed by atoms with van der Waals surface area (Å²) in [6.45, 7) is 3.75. The van der Waals surface area contributed by atoms with Crippen molar-refractivity contribution < 1.29 is 14.3 Å². The summed E-state index contributed by atoms with van der Waals surface area (Å²) < 4.78 is 5.19. The first-order valence-corrected chi connectivity index (χ1v) is 8.83. The molecular formula is C20H29NO3. The zero-order valence-electron chi connectivity index (χ0n) is 14.8. The SMILES string of the molecule is CCCCCCCC/C=C/C(=O)c1ccccc1OC(=O)[C@H](C)N. The lowest BCUT2D eigenvalue weighted by atomic mass is 10.1. The van der Waals surface area contributed by atoms with Gasteiger partial charge in [0.05, 0.1) is 5.56 Å². The Morgan fingerprint density at radius 3 is 2.50 bits per heavy atom. The highest BCUT2D eigenvalue weighted by Gasteiger charge is 2.15. The summed E-state index contributed by atoms with van der Waals surface area (Å²) in [6, 6.07) is 6.01. The molecule has 1 aromatic carbocycles. The molecule has 24 heavy (non-hydrogen) atoms. The van der Waals surface area contributed by atoms with E-state index in [9.17, 15) is 9.59 Å². The average molecular weight is 331 g/mol. The molecule has 0 saturated heterocycles. The van der Waals surface area contributed by atoms with Crippen LogP contribution in [0, 0.1) is 0 Å². The third kappa shape index (κ3) is 7.55. The molecule has 0 radical (unpaired) electrons. The van der Waals surface area contributed by atoms with Crippen LogP contribution in [0.25, 0.3) is 0 Å². The van der Waals surface area contributed by atoms with Gasteiger partial charge in [-0.1, -0.05) is 57.2 Å². The highest BCUT2D eigenvalue weighted by atomic mass is 16.5. The number of hydrogen-bond acceptors (Lipinski definition) is 4. The van der Waals surface area contributed by atoms with Crippen molar-refractivity contribution in [2.45, 2.75) is 64.8 Å². The number of nitrogens with two attached hydrogens (primary N) is 1. The van der Waals surface area contributed by atoms with Crippen molar-refractivity contribution >= 4 is 11.8 Å². The topological polar surface area (TPSA) is 69.4 Å². The zero-order valence-corrected chi connectivity index (χ0v) is 14.8. The van der Waals surface area contributed by atoms with Gasteiger partial charge in [-0.15, -0.1) is 0 Å². The fourth-order valence-electron chi connectivity index (χ4n) is 2.28. The third-order valence-corrected chi connectivity index (χ3v) is 3.73. The molecular weight excluding hydrogens is 302 g/mol. The molecule has 0 aliphatic carbocycles. The molecule has 1 atom stereocenters. The van der Waals surface area contributed by atoms with Crippen LogP contribution in [0.2, 0.25) is 0 Å². The van der Waals surface area contributed by atoms with Gasteiger partial charge in [-0.05, 0) is 38.0 Å². The van der Waals surface area contributed by atoms with E-state index in [2.05, 4.69) is 6.92 Å². The Kier molecular flexibility index (Phi) is 9.70. The second-order valence-corrected chi connectivity index (χ2v) is 6.03. The van der Waals surface area contributed by atoms with Crippen LogP contribution in [0.15, 0.2) is 36.4 Å². The van der Waals surface area contributed by atoms with E-state index in [0.717, 1.165) is 12.8 Å². The molecule has 0 aliphatic rings. The molecule has 0 aliphatic heterocycles. The highest BCUT2D eigenvalue weighted by Crippen LogP contribution is 2.19. The Labute approximate surface area is 145 Å². The standard InChI is InChI=1S/C20H29NO3/c1-3-4-5-6-7-8-9-10-14-18(22)17-13-11-12-15-19(17)24-20(23)16(2)21/h10-16H,3-9,21H2,1-2H3/b14-10+/t16-/m0/s1. The quantitative estimate of drug-likeness (QED) is 0.214. The van der Waals surface area contributed by atoms with Crippen LogP contribution in [0.3, 0.4) is 0 Å². The number of carbonyl (C=O) groups is 2.